The van der Waals surface area contributed by atoms with Crippen molar-refractivity contribution in [2.75, 3.05) is 25.6 Å². The molecular formula is C54H93N3O16P2. The molecule has 1 aliphatic rings. The fourth-order valence-electron chi connectivity index (χ4n) is 8.15. The van der Waals surface area contributed by atoms with Gasteiger partial charge in [0.2, 0.25) is 0 Å². The normalized spacial score (nSPS) is 19.6. The molecule has 2 rings (SSSR count). The number of aliphatic hydroxyl groups is 3. The van der Waals surface area contributed by atoms with Crippen LogP contribution < -0.4 is 11.4 Å². The molecule has 19 nitrogen and oxygen atoms in total. The van der Waals surface area contributed by atoms with Crippen molar-refractivity contribution in [1.82, 2.24) is 9.55 Å². The first kappa shape index (κ1) is 67.8. The number of anilines is 1. The van der Waals surface area contributed by atoms with Crippen LogP contribution in [0, 0.1) is 5.92 Å². The van der Waals surface area contributed by atoms with Crippen molar-refractivity contribution in [2.45, 2.75) is 231 Å². The third-order valence-electron chi connectivity index (χ3n) is 12.4. The summed E-state index contributed by atoms with van der Waals surface area (Å²) in [6.07, 6.45) is 35.4. The smallest absolute Gasteiger partial charge is 0.462 e. The van der Waals surface area contributed by atoms with Crippen molar-refractivity contribution in [2.24, 2.45) is 5.92 Å². The lowest BCUT2D eigenvalue weighted by atomic mass is 10.0. The minimum atomic E-state index is -5.44. The van der Waals surface area contributed by atoms with E-state index < -0.39 is 83.7 Å². The zero-order valence-corrected chi connectivity index (χ0v) is 46.9. The number of rotatable bonds is 45. The highest BCUT2D eigenvalue weighted by Crippen LogP contribution is 2.60. The second-order valence-corrected chi connectivity index (χ2v) is 22.8. The van der Waals surface area contributed by atoms with Crippen molar-refractivity contribution in [3.63, 3.8) is 0 Å². The Morgan fingerprint density at radius 1 is 0.720 bits per heavy atom. The number of phosphoric acid groups is 2. The third kappa shape index (κ3) is 34.2. The van der Waals surface area contributed by atoms with E-state index in [0.717, 1.165) is 74.5 Å². The molecule has 1 aromatic rings. The predicted octanol–water partition coefficient (Wildman–Crippen LogP) is 10.9. The molecule has 1 fully saturated rings. The zero-order chi connectivity index (χ0) is 55.2. The summed E-state index contributed by atoms with van der Waals surface area (Å²) in [5.41, 5.74) is 4.59. The highest BCUT2D eigenvalue weighted by atomic mass is 31.3. The topological polar surface area (TPSA) is 286 Å². The van der Waals surface area contributed by atoms with E-state index in [1.54, 1.807) is 0 Å². The average molecular weight is 1100 g/mol. The van der Waals surface area contributed by atoms with Crippen molar-refractivity contribution in [3.8, 4) is 0 Å². The van der Waals surface area contributed by atoms with Crippen LogP contribution in [-0.2, 0) is 46.3 Å². The molecule has 3 unspecified atom stereocenters. The van der Waals surface area contributed by atoms with E-state index >= 15 is 0 Å². The van der Waals surface area contributed by atoms with Crippen LogP contribution in [-0.4, -0.2) is 96.9 Å². The minimum Gasteiger partial charge on any atom is -0.462 e. The van der Waals surface area contributed by atoms with Crippen molar-refractivity contribution >= 4 is 33.4 Å². The molecular weight excluding hydrogens is 1010 g/mol. The number of ether oxygens (including phenoxy) is 3. The monoisotopic (exact) mass is 1100 g/mol. The van der Waals surface area contributed by atoms with Gasteiger partial charge in [-0.15, -0.1) is 0 Å². The molecule has 1 aromatic heterocycles. The fourth-order valence-corrected chi connectivity index (χ4v) is 10.3. The zero-order valence-electron chi connectivity index (χ0n) is 45.1. The molecule has 0 saturated carbocycles. The maximum absolute atomic E-state index is 12.9. The van der Waals surface area contributed by atoms with Gasteiger partial charge in [0.15, 0.2) is 12.3 Å². The molecule has 21 heteroatoms. The number of aromatic nitrogens is 2. The third-order valence-corrected chi connectivity index (χ3v) is 15.0. The summed E-state index contributed by atoms with van der Waals surface area (Å²) in [6, 6.07) is 1.24. The van der Waals surface area contributed by atoms with Gasteiger partial charge in [0.1, 0.15) is 30.7 Å². The van der Waals surface area contributed by atoms with Crippen molar-refractivity contribution < 1.29 is 71.4 Å². The van der Waals surface area contributed by atoms with Gasteiger partial charge in [0, 0.05) is 19.0 Å². The van der Waals surface area contributed by atoms with Gasteiger partial charge in [0.25, 0.3) is 0 Å². The second kappa shape index (κ2) is 40.8. The Morgan fingerprint density at radius 2 is 1.24 bits per heavy atom. The summed E-state index contributed by atoms with van der Waals surface area (Å²) in [4.78, 5) is 62.0. The Labute approximate surface area is 446 Å². The number of unbranched alkanes of at least 4 members (excludes halogenated alkanes) is 16. The Kier molecular flexibility index (Phi) is 36.9. The number of nitrogens with two attached hydrogens (primary N) is 1. The van der Waals surface area contributed by atoms with Crippen LogP contribution in [0.1, 0.15) is 200 Å². The van der Waals surface area contributed by atoms with E-state index in [9.17, 15) is 48.6 Å². The van der Waals surface area contributed by atoms with Gasteiger partial charge in [-0.3, -0.25) is 23.2 Å². The molecule has 7 N–H and O–H groups in total. The Morgan fingerprint density at radius 3 is 1.80 bits per heavy atom. The molecule has 430 valence electrons. The number of hydrogen-bond donors (Lipinski definition) is 6. The number of allylic oxidation sites excluding steroid dienone is 7. The van der Waals surface area contributed by atoms with Crippen LogP contribution in [0.25, 0.3) is 0 Å². The van der Waals surface area contributed by atoms with Gasteiger partial charge < -0.3 is 45.1 Å². The van der Waals surface area contributed by atoms with E-state index in [1.165, 1.54) is 83.1 Å². The maximum atomic E-state index is 12.9. The lowest BCUT2D eigenvalue weighted by molar-refractivity contribution is -0.161. The van der Waals surface area contributed by atoms with Gasteiger partial charge in [-0.2, -0.15) is 9.29 Å². The fraction of sp³-hybridized carbons (Fsp3) is 0.741. The molecule has 8 atom stereocenters. The number of esters is 2. The SMILES string of the molecule is CCCC(O)C/C=C\C/C=C\C/C=C\C/C=C\CCCC(=O)OC[C@H](COP(=O)(O)OP(=O)(O)OC[C@H]1O[C@@H](n2ccc(N)nc2=O)[C@H](O)[C@@H]1O)OC(=O)CCCCCCCCCCCCCCCCCCC(C)C. The van der Waals surface area contributed by atoms with Crippen LogP contribution in [0.3, 0.4) is 0 Å². The van der Waals surface area contributed by atoms with Crippen LogP contribution in [0.5, 0.6) is 0 Å². The summed E-state index contributed by atoms with van der Waals surface area (Å²) in [5.74, 6) is -0.578. The molecule has 75 heavy (non-hydrogen) atoms. The summed E-state index contributed by atoms with van der Waals surface area (Å²) >= 11 is 0. The molecule has 0 amide bonds. The lowest BCUT2D eigenvalue weighted by Gasteiger charge is -2.21. The number of aliphatic hydroxyl groups excluding tert-OH is 3. The maximum Gasteiger partial charge on any atom is 0.481 e. The van der Waals surface area contributed by atoms with Gasteiger partial charge in [-0.05, 0) is 63.4 Å². The van der Waals surface area contributed by atoms with Crippen LogP contribution in [0.4, 0.5) is 5.82 Å². The largest absolute Gasteiger partial charge is 0.481 e. The Bertz CT molecular complexity index is 1980. The summed E-state index contributed by atoms with van der Waals surface area (Å²) in [7, 11) is -10.9. The predicted molar refractivity (Wildman–Crippen MR) is 290 cm³/mol. The highest BCUT2D eigenvalue weighted by Gasteiger charge is 2.46. The average Bonchev–Trinajstić information content (AvgIpc) is 3.63. The van der Waals surface area contributed by atoms with E-state index in [1.807, 2.05) is 24.3 Å². The Balaban J connectivity index is 1.79. The van der Waals surface area contributed by atoms with E-state index in [0.29, 0.717) is 25.7 Å². The van der Waals surface area contributed by atoms with Crippen LogP contribution >= 0.6 is 15.6 Å². The number of carbonyl (C=O) groups is 2. The van der Waals surface area contributed by atoms with Gasteiger partial charge in [-0.25, -0.2) is 13.9 Å². The van der Waals surface area contributed by atoms with Crippen molar-refractivity contribution in [3.05, 3.63) is 71.4 Å². The first-order valence-corrected chi connectivity index (χ1v) is 30.6. The summed E-state index contributed by atoms with van der Waals surface area (Å²) < 4.78 is 56.8. The van der Waals surface area contributed by atoms with E-state index in [4.69, 9.17) is 29.0 Å². The molecule has 1 aliphatic heterocycles. The first-order valence-electron chi connectivity index (χ1n) is 27.6. The Hall–Kier alpha value is -3.32. The molecule has 0 spiro atoms. The van der Waals surface area contributed by atoms with Gasteiger partial charge >= 0.3 is 33.3 Å². The molecule has 0 aliphatic carbocycles. The highest BCUT2D eigenvalue weighted by molar-refractivity contribution is 7.61. The first-order chi connectivity index (χ1) is 35.9. The number of phosphoric ester groups is 2. The molecule has 1 saturated heterocycles. The minimum absolute atomic E-state index is 0.0327. The van der Waals surface area contributed by atoms with E-state index in [2.05, 4.69) is 54.4 Å². The molecule has 2 heterocycles. The summed E-state index contributed by atoms with van der Waals surface area (Å²) in [6.45, 7) is 4.25. The van der Waals surface area contributed by atoms with Gasteiger partial charge in [-0.1, -0.05) is 179 Å². The lowest BCUT2D eigenvalue weighted by Crippen LogP contribution is -2.36. The van der Waals surface area contributed by atoms with Crippen LogP contribution in [0.15, 0.2) is 65.7 Å². The number of nitrogen functional groups attached to an aromatic ring is 1. The molecule has 0 bridgehead atoms. The second-order valence-electron chi connectivity index (χ2n) is 19.7. The van der Waals surface area contributed by atoms with E-state index in [-0.39, 0.29) is 24.8 Å². The van der Waals surface area contributed by atoms with Crippen LogP contribution in [0.2, 0.25) is 0 Å². The van der Waals surface area contributed by atoms with Crippen molar-refractivity contribution in [1.29, 1.82) is 0 Å². The molecule has 0 radical (unpaired) electrons. The van der Waals surface area contributed by atoms with Gasteiger partial charge in [0.05, 0.1) is 19.3 Å². The number of nitrogens with zero attached hydrogens (tertiary/aromatic N) is 2. The number of hydrogen-bond acceptors (Lipinski definition) is 16. The standard InChI is InChI=1S/C54H93N3O16P2/c1-4-34-45(58)36-31-27-23-19-15-11-9-13-16-20-24-28-32-37-49(59)68-41-46(71-50(60)38-33-29-25-21-17-12-8-6-5-7-10-14-18-22-26-30-35-44(2)3)42-69-74(64,65)73-75(66,67)70-43-47-51(61)52(62)53(72-47)57-40-39-48(55)56-54(57)63/h9,13,15,19-20,24,27,31,39-40,44-47,51-53,58,61-62H,4-8,10-12,14,16-18,21-23,25-26,28-30,32-38,41-43H2,1-3H3,(H,64,65)(H,66,67)(H2,55,56,63)/b13-9-,19-15-,24-20-,31-27-/t45?,46-,47-,51-,52-,53-/m1/s1. The molecule has 0 aromatic carbocycles. The number of carbonyl (C=O) groups excluding carboxylic acids is 2. The summed E-state index contributed by atoms with van der Waals surface area (Å²) in [5, 5.41) is 30.7. The quantitative estimate of drug-likeness (QED) is 0.0153.